The molecule has 4 aromatic rings. The van der Waals surface area contributed by atoms with E-state index < -0.39 is 11.2 Å². The van der Waals surface area contributed by atoms with E-state index in [1.54, 1.807) is 47.0 Å². The maximum atomic E-state index is 14.3. The first-order valence-electron chi connectivity index (χ1n) is 10.3. The molecule has 1 fully saturated rings. The predicted molar refractivity (Wildman–Crippen MR) is 119 cm³/mol. The zero-order valence-corrected chi connectivity index (χ0v) is 17.8. The maximum absolute atomic E-state index is 14.3. The van der Waals surface area contributed by atoms with Gasteiger partial charge in [-0.3, -0.25) is 9.36 Å². The van der Waals surface area contributed by atoms with Gasteiger partial charge in [-0.1, -0.05) is 29.8 Å². The van der Waals surface area contributed by atoms with Crippen LogP contribution in [-0.2, 0) is 17.8 Å². The molecule has 1 aliphatic rings. The number of nitrogens with zero attached hydrogens (tertiary/aromatic N) is 4. The highest BCUT2D eigenvalue weighted by molar-refractivity contribution is 6.30. The molecule has 0 saturated carbocycles. The summed E-state index contributed by atoms with van der Waals surface area (Å²) in [6.45, 7) is 0.863. The maximum Gasteiger partial charge on any atom is 0.337 e. The molecule has 3 heterocycles. The third-order valence-electron chi connectivity index (χ3n) is 5.69. The molecule has 9 heteroatoms. The molecule has 5 rings (SSSR count). The van der Waals surface area contributed by atoms with Gasteiger partial charge in [0.1, 0.15) is 5.82 Å². The molecule has 0 unspecified atom stereocenters. The van der Waals surface area contributed by atoms with Crippen molar-refractivity contribution in [2.45, 2.75) is 32.0 Å². The number of aromatic nitrogens is 4. The van der Waals surface area contributed by atoms with Crippen LogP contribution in [0.15, 0.2) is 64.4 Å². The average Bonchev–Trinajstić information content (AvgIpc) is 3.44. The fraction of sp³-hybridized carbons (Fsp3) is 0.261. The lowest BCUT2D eigenvalue weighted by Gasteiger charge is -2.15. The Morgan fingerprint density at radius 3 is 2.62 bits per heavy atom. The highest BCUT2D eigenvalue weighted by Gasteiger charge is 2.23. The van der Waals surface area contributed by atoms with Crippen molar-refractivity contribution in [1.82, 2.24) is 18.7 Å². The van der Waals surface area contributed by atoms with E-state index in [1.807, 2.05) is 0 Å². The fourth-order valence-corrected chi connectivity index (χ4v) is 4.21. The van der Waals surface area contributed by atoms with Crippen LogP contribution in [0.4, 0.5) is 4.39 Å². The highest BCUT2D eigenvalue weighted by atomic mass is 35.5. The van der Waals surface area contributed by atoms with Crippen LogP contribution >= 0.6 is 11.6 Å². The number of rotatable bonds is 5. The summed E-state index contributed by atoms with van der Waals surface area (Å²) in [4.78, 5) is 31.2. The molecule has 0 N–H and O–H groups in total. The Hall–Kier alpha value is -3.23. The third-order valence-corrected chi connectivity index (χ3v) is 5.95. The quantitative estimate of drug-likeness (QED) is 0.463. The van der Waals surface area contributed by atoms with Gasteiger partial charge in [-0.05, 0) is 43.2 Å². The molecule has 1 atom stereocenters. The third kappa shape index (κ3) is 3.65. The Balaban J connectivity index is 1.73. The molecule has 0 amide bonds. The molecule has 7 nitrogen and oxygen atoms in total. The molecular formula is C23H20ClFN4O3. The number of hydrogen-bond donors (Lipinski definition) is 0. The lowest BCUT2D eigenvalue weighted by atomic mass is 10.2. The summed E-state index contributed by atoms with van der Waals surface area (Å²) in [7, 11) is 0. The molecule has 32 heavy (non-hydrogen) atoms. The summed E-state index contributed by atoms with van der Waals surface area (Å²) in [6.07, 6.45) is 2.91. The first kappa shape index (κ1) is 20.7. The molecule has 1 saturated heterocycles. The summed E-state index contributed by atoms with van der Waals surface area (Å²) < 4.78 is 24.1. The van der Waals surface area contributed by atoms with Crippen molar-refractivity contribution >= 4 is 22.8 Å². The molecule has 0 spiro atoms. The molecule has 164 valence electrons. The van der Waals surface area contributed by atoms with Crippen molar-refractivity contribution in [2.75, 3.05) is 6.61 Å². The second-order valence-electron chi connectivity index (χ2n) is 7.78. The van der Waals surface area contributed by atoms with Gasteiger partial charge in [-0.25, -0.2) is 18.7 Å². The SMILES string of the molecule is O=c1c2c(ncn2Cc2ccccc2F)n(-c2ccc(Cl)cc2)c(=O)n1C[C@H]1CCCO1. The van der Waals surface area contributed by atoms with E-state index >= 15 is 0 Å². The second-order valence-corrected chi connectivity index (χ2v) is 8.22. The van der Waals surface area contributed by atoms with Gasteiger partial charge < -0.3 is 9.30 Å². The number of fused-ring (bicyclic) bond motifs is 1. The summed E-state index contributed by atoms with van der Waals surface area (Å²) in [5.41, 5.74) is 0.404. The van der Waals surface area contributed by atoms with Crippen LogP contribution in [-0.4, -0.2) is 31.4 Å². The van der Waals surface area contributed by atoms with Crippen LogP contribution in [0.25, 0.3) is 16.9 Å². The van der Waals surface area contributed by atoms with Crippen molar-refractivity contribution < 1.29 is 9.13 Å². The van der Waals surface area contributed by atoms with E-state index in [-0.39, 0.29) is 36.2 Å². The van der Waals surface area contributed by atoms with E-state index in [0.717, 1.165) is 12.8 Å². The van der Waals surface area contributed by atoms with Gasteiger partial charge in [-0.2, -0.15) is 0 Å². The van der Waals surface area contributed by atoms with Crippen LogP contribution in [0.3, 0.4) is 0 Å². The van der Waals surface area contributed by atoms with Crippen molar-refractivity contribution in [3.63, 3.8) is 0 Å². The Bertz CT molecular complexity index is 1400. The zero-order valence-electron chi connectivity index (χ0n) is 17.1. The lowest BCUT2D eigenvalue weighted by molar-refractivity contribution is 0.0950. The normalized spacial score (nSPS) is 16.1. The molecule has 0 bridgehead atoms. The highest BCUT2D eigenvalue weighted by Crippen LogP contribution is 2.19. The zero-order chi connectivity index (χ0) is 22.2. The van der Waals surface area contributed by atoms with E-state index in [0.29, 0.717) is 22.9 Å². The van der Waals surface area contributed by atoms with Crippen LogP contribution < -0.4 is 11.2 Å². The number of hydrogen-bond acceptors (Lipinski definition) is 4. The van der Waals surface area contributed by atoms with Crippen molar-refractivity contribution in [3.8, 4) is 5.69 Å². The van der Waals surface area contributed by atoms with Gasteiger partial charge in [0, 0.05) is 17.2 Å². The minimum absolute atomic E-state index is 0.108. The molecule has 2 aromatic heterocycles. The number of ether oxygens (including phenoxy) is 1. The van der Waals surface area contributed by atoms with Crippen LogP contribution in [0.5, 0.6) is 0 Å². The van der Waals surface area contributed by atoms with Gasteiger partial charge >= 0.3 is 5.69 Å². The molecule has 1 aliphatic heterocycles. The average molecular weight is 455 g/mol. The summed E-state index contributed by atoms with van der Waals surface area (Å²) in [5.74, 6) is -0.375. The topological polar surface area (TPSA) is 71.0 Å². The van der Waals surface area contributed by atoms with Crippen molar-refractivity contribution in [2.24, 2.45) is 0 Å². The van der Waals surface area contributed by atoms with Crippen LogP contribution in [0.2, 0.25) is 5.02 Å². The van der Waals surface area contributed by atoms with Gasteiger partial charge in [0.2, 0.25) is 0 Å². The fourth-order valence-electron chi connectivity index (χ4n) is 4.09. The minimum atomic E-state index is -0.503. The molecule has 0 aliphatic carbocycles. The predicted octanol–water partition coefficient (Wildman–Crippen LogP) is 3.37. The Kier molecular flexibility index (Phi) is 5.40. The first-order valence-corrected chi connectivity index (χ1v) is 10.7. The van der Waals surface area contributed by atoms with Gasteiger partial charge in [0.15, 0.2) is 11.2 Å². The summed E-state index contributed by atoms with van der Waals surface area (Å²) in [6, 6.07) is 13.1. The monoisotopic (exact) mass is 454 g/mol. The second kappa shape index (κ2) is 8.37. The number of benzene rings is 2. The Labute approximate surface area is 187 Å². The number of halogens is 2. The molecule has 2 aromatic carbocycles. The Morgan fingerprint density at radius 1 is 1.12 bits per heavy atom. The van der Waals surface area contributed by atoms with Crippen molar-refractivity contribution in [1.29, 1.82) is 0 Å². The van der Waals surface area contributed by atoms with E-state index in [2.05, 4.69) is 4.98 Å². The Morgan fingerprint density at radius 2 is 1.91 bits per heavy atom. The largest absolute Gasteiger partial charge is 0.376 e. The summed E-state index contributed by atoms with van der Waals surface area (Å²) >= 11 is 6.02. The molecular weight excluding hydrogens is 435 g/mol. The van der Waals surface area contributed by atoms with Gasteiger partial charge in [0.05, 0.1) is 31.2 Å². The van der Waals surface area contributed by atoms with E-state index in [4.69, 9.17) is 16.3 Å². The number of imidazole rings is 1. The van der Waals surface area contributed by atoms with E-state index in [9.17, 15) is 14.0 Å². The van der Waals surface area contributed by atoms with E-state index in [1.165, 1.54) is 21.5 Å². The summed E-state index contributed by atoms with van der Waals surface area (Å²) in [5, 5.41) is 0.524. The van der Waals surface area contributed by atoms with Crippen LogP contribution in [0, 0.1) is 5.82 Å². The standard InChI is InChI=1S/C23H20ClFN4O3/c24-16-7-9-17(10-8-16)29-21-20(22(30)28(23(29)31)13-18-5-3-11-32-18)27(14-26-21)12-15-4-1-2-6-19(15)25/h1-2,4,6-10,14,18H,3,5,11-13H2/t18-/m1/s1. The van der Waals surface area contributed by atoms with Gasteiger partial charge in [-0.15, -0.1) is 0 Å². The first-order chi connectivity index (χ1) is 15.5. The lowest BCUT2D eigenvalue weighted by Crippen LogP contribution is -2.42. The van der Waals surface area contributed by atoms with Crippen LogP contribution in [0.1, 0.15) is 18.4 Å². The van der Waals surface area contributed by atoms with Gasteiger partial charge in [0.25, 0.3) is 5.56 Å². The smallest absolute Gasteiger partial charge is 0.337 e. The minimum Gasteiger partial charge on any atom is -0.376 e. The van der Waals surface area contributed by atoms with Crippen molar-refractivity contribution in [3.05, 3.63) is 92.1 Å². The molecule has 0 radical (unpaired) electrons.